The molecule has 0 aliphatic rings. The maximum Gasteiger partial charge on any atom is 0.490 e. The molecule has 0 radical (unpaired) electrons. The summed E-state index contributed by atoms with van der Waals surface area (Å²) in [6.45, 7) is 3.89. The minimum atomic E-state index is -5.08. The van der Waals surface area contributed by atoms with Gasteiger partial charge >= 0.3 is 30.3 Å². The fraction of sp³-hybridized carbons (Fsp3) is 0.700. The Morgan fingerprint density at radius 1 is 0.870 bits per heavy atom. The van der Waals surface area contributed by atoms with E-state index in [2.05, 4.69) is 0 Å². The molecule has 5 N–H and O–H groups in total. The molecule has 0 bridgehead atoms. The van der Waals surface area contributed by atoms with Crippen LogP contribution in [0.2, 0.25) is 0 Å². The molecule has 0 amide bonds. The largest absolute Gasteiger partial charge is 0.490 e. The fourth-order valence-corrected chi connectivity index (χ4v) is 0.609. The molecule has 0 aromatic carbocycles. The van der Waals surface area contributed by atoms with Crippen LogP contribution in [0, 0.1) is 5.92 Å². The molecule has 1 unspecified atom stereocenters. The SMILES string of the molecule is CC(C)CC(N)C(=O)O.O=C(O)C(F)(F)F.O=C(O)C(F)(F)F. The lowest BCUT2D eigenvalue weighted by atomic mass is 10.1. The second kappa shape index (κ2) is 10.6. The van der Waals surface area contributed by atoms with Crippen LogP contribution in [0.1, 0.15) is 20.3 Å². The summed E-state index contributed by atoms with van der Waals surface area (Å²) in [5, 5.41) is 22.6. The number of halogens is 6. The Hall–Kier alpha value is -2.05. The second-order valence-electron chi connectivity index (χ2n) is 4.18. The van der Waals surface area contributed by atoms with Gasteiger partial charge in [0.25, 0.3) is 0 Å². The monoisotopic (exact) mass is 359 g/mol. The molecule has 0 saturated carbocycles. The van der Waals surface area contributed by atoms with Crippen molar-refractivity contribution in [3.8, 4) is 0 Å². The number of alkyl halides is 6. The van der Waals surface area contributed by atoms with Crippen LogP contribution in [0.4, 0.5) is 26.3 Å². The van der Waals surface area contributed by atoms with E-state index in [0.29, 0.717) is 12.3 Å². The van der Waals surface area contributed by atoms with Crippen LogP contribution in [-0.4, -0.2) is 51.6 Å². The first kappa shape index (κ1) is 25.9. The zero-order chi connectivity index (χ0) is 19.6. The van der Waals surface area contributed by atoms with Gasteiger partial charge in [-0.15, -0.1) is 0 Å². The van der Waals surface area contributed by atoms with Gasteiger partial charge in [0.15, 0.2) is 0 Å². The quantitative estimate of drug-likeness (QED) is 0.563. The Labute approximate surface area is 125 Å². The number of rotatable bonds is 3. The number of hydrogen-bond acceptors (Lipinski definition) is 4. The molecule has 7 nitrogen and oxygen atoms in total. The van der Waals surface area contributed by atoms with Crippen molar-refractivity contribution in [3.63, 3.8) is 0 Å². The lowest BCUT2D eigenvalue weighted by molar-refractivity contribution is -0.193. The molecule has 13 heteroatoms. The Morgan fingerprint density at radius 2 is 1.09 bits per heavy atom. The van der Waals surface area contributed by atoms with Gasteiger partial charge in [0.2, 0.25) is 0 Å². The molecule has 0 saturated heterocycles. The summed E-state index contributed by atoms with van der Waals surface area (Å²) in [5.41, 5.74) is 5.22. The molecule has 0 aliphatic heterocycles. The normalized spacial score (nSPS) is 12.3. The first-order valence-electron chi connectivity index (χ1n) is 5.51. The molecule has 23 heavy (non-hydrogen) atoms. The van der Waals surface area contributed by atoms with Crippen molar-refractivity contribution in [2.75, 3.05) is 0 Å². The van der Waals surface area contributed by atoms with Crippen LogP contribution >= 0.6 is 0 Å². The van der Waals surface area contributed by atoms with Gasteiger partial charge in [-0.3, -0.25) is 4.79 Å². The average molecular weight is 359 g/mol. The minimum Gasteiger partial charge on any atom is -0.480 e. The van der Waals surface area contributed by atoms with Crippen LogP contribution in [-0.2, 0) is 14.4 Å². The Morgan fingerprint density at radius 3 is 1.13 bits per heavy atom. The summed E-state index contributed by atoms with van der Waals surface area (Å²) in [5.74, 6) is -6.07. The molecular formula is C10H15F6NO6. The van der Waals surface area contributed by atoms with Crippen LogP contribution in [0.15, 0.2) is 0 Å². The third kappa shape index (κ3) is 19.9. The van der Waals surface area contributed by atoms with Crippen molar-refractivity contribution in [3.05, 3.63) is 0 Å². The van der Waals surface area contributed by atoms with E-state index in [4.69, 9.17) is 30.6 Å². The van der Waals surface area contributed by atoms with Crippen molar-refractivity contribution >= 4 is 17.9 Å². The molecule has 138 valence electrons. The van der Waals surface area contributed by atoms with Gasteiger partial charge in [0, 0.05) is 0 Å². The zero-order valence-corrected chi connectivity index (χ0v) is 11.8. The number of hydrogen-bond donors (Lipinski definition) is 4. The highest BCUT2D eigenvalue weighted by atomic mass is 19.4. The van der Waals surface area contributed by atoms with Gasteiger partial charge in [-0.2, -0.15) is 26.3 Å². The number of carbonyl (C=O) groups is 3. The maximum atomic E-state index is 10.6. The standard InChI is InChI=1S/C6H13NO2.2C2HF3O2/c1-4(2)3-5(7)6(8)9;2*3-2(4,5)1(6)7/h4-5H,3,7H2,1-2H3,(H,8,9);2*(H,6,7). The molecule has 0 fully saturated rings. The number of nitrogens with two attached hydrogens (primary N) is 1. The van der Waals surface area contributed by atoms with E-state index in [9.17, 15) is 31.1 Å². The van der Waals surface area contributed by atoms with Crippen LogP contribution in [0.3, 0.4) is 0 Å². The molecule has 0 heterocycles. The third-order valence-corrected chi connectivity index (χ3v) is 1.53. The summed E-state index contributed by atoms with van der Waals surface area (Å²) in [6.07, 6.45) is -9.62. The smallest absolute Gasteiger partial charge is 0.480 e. The van der Waals surface area contributed by atoms with Crippen LogP contribution in [0.25, 0.3) is 0 Å². The molecule has 0 spiro atoms. The first-order chi connectivity index (χ1) is 9.92. The van der Waals surface area contributed by atoms with E-state index in [1.165, 1.54) is 0 Å². The highest BCUT2D eigenvalue weighted by molar-refractivity contribution is 5.73. The van der Waals surface area contributed by atoms with Crippen LogP contribution < -0.4 is 5.73 Å². The lowest BCUT2D eigenvalue weighted by Gasteiger charge is -2.07. The van der Waals surface area contributed by atoms with Gasteiger partial charge in [0.05, 0.1) is 0 Å². The van der Waals surface area contributed by atoms with E-state index in [-0.39, 0.29) is 0 Å². The average Bonchev–Trinajstić information content (AvgIpc) is 2.26. The van der Waals surface area contributed by atoms with Crippen molar-refractivity contribution in [2.24, 2.45) is 11.7 Å². The minimum absolute atomic E-state index is 0.357. The molecular weight excluding hydrogens is 344 g/mol. The van der Waals surface area contributed by atoms with Gasteiger partial charge in [-0.05, 0) is 12.3 Å². The topological polar surface area (TPSA) is 138 Å². The maximum absolute atomic E-state index is 10.6. The van der Waals surface area contributed by atoms with Gasteiger partial charge in [0.1, 0.15) is 6.04 Å². The summed E-state index contributed by atoms with van der Waals surface area (Å²) in [4.78, 5) is 27.9. The molecule has 0 aromatic heterocycles. The number of carboxylic acids is 3. The molecule has 0 aromatic rings. The highest BCUT2D eigenvalue weighted by Gasteiger charge is 2.38. The van der Waals surface area contributed by atoms with E-state index in [1.807, 2.05) is 13.8 Å². The van der Waals surface area contributed by atoms with Crippen molar-refractivity contribution in [1.82, 2.24) is 0 Å². The van der Waals surface area contributed by atoms with Crippen molar-refractivity contribution < 1.29 is 56.0 Å². The summed E-state index contributed by atoms with van der Waals surface area (Å²) in [6, 6.07) is -0.690. The third-order valence-electron chi connectivity index (χ3n) is 1.53. The second-order valence-corrected chi connectivity index (χ2v) is 4.18. The van der Waals surface area contributed by atoms with Gasteiger partial charge < -0.3 is 21.1 Å². The Balaban J connectivity index is -0.000000264. The summed E-state index contributed by atoms with van der Waals surface area (Å²) in [7, 11) is 0. The van der Waals surface area contributed by atoms with E-state index < -0.39 is 36.3 Å². The predicted molar refractivity (Wildman–Crippen MR) is 62.4 cm³/mol. The predicted octanol–water partition coefficient (Wildman–Crippen LogP) is 1.71. The van der Waals surface area contributed by atoms with E-state index in [0.717, 1.165) is 0 Å². The van der Waals surface area contributed by atoms with E-state index >= 15 is 0 Å². The van der Waals surface area contributed by atoms with Gasteiger partial charge in [-0.1, -0.05) is 13.8 Å². The Kier molecular flexibility index (Phi) is 12.0. The fourth-order valence-electron chi connectivity index (χ4n) is 0.609. The Bertz CT molecular complexity index is 368. The lowest BCUT2D eigenvalue weighted by Crippen LogP contribution is -2.31. The molecule has 0 rings (SSSR count). The van der Waals surface area contributed by atoms with Crippen molar-refractivity contribution in [1.29, 1.82) is 0 Å². The number of carboxylic acid groups (broad SMARTS) is 3. The first-order valence-corrected chi connectivity index (χ1v) is 5.51. The highest BCUT2D eigenvalue weighted by Crippen LogP contribution is 2.13. The van der Waals surface area contributed by atoms with Crippen molar-refractivity contribution in [2.45, 2.75) is 38.7 Å². The molecule has 1 atom stereocenters. The molecule has 0 aliphatic carbocycles. The van der Waals surface area contributed by atoms with Gasteiger partial charge in [-0.25, -0.2) is 9.59 Å². The summed E-state index contributed by atoms with van der Waals surface area (Å²) < 4.78 is 63.5. The zero-order valence-electron chi connectivity index (χ0n) is 11.8. The van der Waals surface area contributed by atoms with E-state index in [1.54, 1.807) is 0 Å². The summed E-state index contributed by atoms with van der Waals surface area (Å²) >= 11 is 0. The van der Waals surface area contributed by atoms with Crippen LogP contribution in [0.5, 0.6) is 0 Å². The number of aliphatic carboxylic acids is 3.